The van der Waals surface area contributed by atoms with E-state index in [4.69, 9.17) is 10.7 Å². The third-order valence-corrected chi connectivity index (χ3v) is 5.00. The van der Waals surface area contributed by atoms with E-state index >= 15 is 0 Å². The Labute approximate surface area is 184 Å². The van der Waals surface area contributed by atoms with E-state index in [9.17, 15) is 4.79 Å². The van der Waals surface area contributed by atoms with Crippen LogP contribution in [0.15, 0.2) is 41.5 Å². The molecule has 0 bridgehead atoms. The van der Waals surface area contributed by atoms with Crippen molar-refractivity contribution in [2.75, 3.05) is 26.2 Å². The molecule has 1 aromatic heterocycles. The lowest BCUT2D eigenvalue weighted by molar-refractivity contribution is -0.119. The zero-order valence-electron chi connectivity index (χ0n) is 16.4. The Kier molecular flexibility index (Phi) is 8.95. The highest BCUT2D eigenvalue weighted by molar-refractivity contribution is 14.0. The molecule has 0 spiro atoms. The van der Waals surface area contributed by atoms with E-state index in [1.807, 2.05) is 12.3 Å². The molecule has 0 saturated carbocycles. The lowest BCUT2D eigenvalue weighted by Crippen LogP contribution is -2.47. The Bertz CT molecular complexity index is 805. The van der Waals surface area contributed by atoms with E-state index in [1.165, 1.54) is 5.56 Å². The average molecular weight is 495 g/mol. The number of guanidine groups is 1. The summed E-state index contributed by atoms with van der Waals surface area (Å²) in [7, 11) is 0. The number of piperidine rings is 1. The van der Waals surface area contributed by atoms with Crippen LogP contribution in [0.5, 0.6) is 0 Å². The van der Waals surface area contributed by atoms with Crippen LogP contribution in [0.25, 0.3) is 10.9 Å². The summed E-state index contributed by atoms with van der Waals surface area (Å²) in [5.74, 6) is 1.04. The number of primary amides is 1. The van der Waals surface area contributed by atoms with E-state index in [2.05, 4.69) is 46.4 Å². The SMILES string of the molecule is CCNC(=NCCc1cccc2cccnc12)N1CCCC(CC(N)=O)C1.I. The molecule has 0 aliphatic carbocycles. The van der Waals surface area contributed by atoms with E-state index in [0.29, 0.717) is 18.9 Å². The maximum Gasteiger partial charge on any atom is 0.217 e. The van der Waals surface area contributed by atoms with Gasteiger partial charge < -0.3 is 16.0 Å². The third-order valence-electron chi connectivity index (χ3n) is 5.00. The van der Waals surface area contributed by atoms with Crippen molar-refractivity contribution < 1.29 is 4.79 Å². The number of aromatic nitrogens is 1. The summed E-state index contributed by atoms with van der Waals surface area (Å²) in [6.07, 6.45) is 5.27. The van der Waals surface area contributed by atoms with Crippen LogP contribution in [0.3, 0.4) is 0 Å². The van der Waals surface area contributed by atoms with Crippen LogP contribution in [-0.4, -0.2) is 47.9 Å². The van der Waals surface area contributed by atoms with E-state index < -0.39 is 0 Å². The maximum absolute atomic E-state index is 11.3. The van der Waals surface area contributed by atoms with E-state index in [1.54, 1.807) is 0 Å². The molecule has 28 heavy (non-hydrogen) atoms. The highest BCUT2D eigenvalue weighted by atomic mass is 127. The number of nitrogens with zero attached hydrogens (tertiary/aromatic N) is 3. The zero-order valence-corrected chi connectivity index (χ0v) is 18.8. The molecule has 3 rings (SSSR count). The fourth-order valence-electron chi connectivity index (χ4n) is 3.79. The highest BCUT2D eigenvalue weighted by Crippen LogP contribution is 2.20. The van der Waals surface area contributed by atoms with Crippen LogP contribution >= 0.6 is 24.0 Å². The topological polar surface area (TPSA) is 83.6 Å². The third kappa shape index (κ3) is 6.05. The van der Waals surface area contributed by atoms with E-state index in [0.717, 1.165) is 55.8 Å². The number of nitrogens with one attached hydrogen (secondary N) is 1. The number of likely N-dealkylation sites (tertiary alicyclic amines) is 1. The van der Waals surface area contributed by atoms with Gasteiger partial charge in [-0.2, -0.15) is 0 Å². The first kappa shape index (κ1) is 22.4. The Morgan fingerprint density at radius 2 is 2.18 bits per heavy atom. The van der Waals surface area contributed by atoms with Crippen molar-refractivity contribution in [2.45, 2.75) is 32.6 Å². The van der Waals surface area contributed by atoms with Crippen molar-refractivity contribution in [3.05, 3.63) is 42.1 Å². The van der Waals surface area contributed by atoms with Gasteiger partial charge in [-0.3, -0.25) is 14.8 Å². The van der Waals surface area contributed by atoms with Gasteiger partial charge in [-0.1, -0.05) is 24.3 Å². The summed E-state index contributed by atoms with van der Waals surface area (Å²) < 4.78 is 0. The standard InChI is InChI=1S/C21H29N5O.HI/c1-2-23-21(26-13-5-6-16(15-26)14-19(22)27)25-12-10-18-8-3-7-17-9-4-11-24-20(17)18;/h3-4,7-9,11,16H,2,5-6,10,12-15H2,1H3,(H2,22,27)(H,23,25);1H. The summed E-state index contributed by atoms with van der Waals surface area (Å²) in [4.78, 5) is 22.9. The average Bonchev–Trinajstić information content (AvgIpc) is 2.67. The Morgan fingerprint density at radius 3 is 2.96 bits per heavy atom. The molecule has 1 aromatic carbocycles. The number of para-hydroxylation sites is 1. The molecule has 2 heterocycles. The minimum absolute atomic E-state index is 0. The number of rotatable bonds is 6. The van der Waals surface area contributed by atoms with Crippen molar-refractivity contribution in [1.82, 2.24) is 15.2 Å². The minimum Gasteiger partial charge on any atom is -0.370 e. The fraction of sp³-hybridized carbons (Fsp3) is 0.476. The maximum atomic E-state index is 11.3. The lowest BCUT2D eigenvalue weighted by atomic mass is 9.95. The van der Waals surface area contributed by atoms with Gasteiger partial charge in [0.25, 0.3) is 0 Å². The number of fused-ring (bicyclic) bond motifs is 1. The zero-order chi connectivity index (χ0) is 19.1. The summed E-state index contributed by atoms with van der Waals surface area (Å²) in [6, 6.07) is 10.3. The number of nitrogens with two attached hydrogens (primary N) is 1. The molecule has 7 heteroatoms. The van der Waals surface area contributed by atoms with Crippen LogP contribution in [0, 0.1) is 5.92 Å². The van der Waals surface area contributed by atoms with Gasteiger partial charge in [0.1, 0.15) is 0 Å². The van der Waals surface area contributed by atoms with Crippen molar-refractivity contribution in [3.63, 3.8) is 0 Å². The first-order valence-corrected chi connectivity index (χ1v) is 9.81. The molecule has 1 saturated heterocycles. The second-order valence-corrected chi connectivity index (χ2v) is 7.10. The number of hydrogen-bond acceptors (Lipinski definition) is 3. The number of aliphatic imine (C=N–C) groups is 1. The van der Waals surface area contributed by atoms with Gasteiger partial charge in [-0.15, -0.1) is 24.0 Å². The lowest BCUT2D eigenvalue weighted by Gasteiger charge is -2.34. The molecule has 2 aromatic rings. The molecular weight excluding hydrogens is 465 g/mol. The van der Waals surface area contributed by atoms with Crippen molar-refractivity contribution in [1.29, 1.82) is 0 Å². The smallest absolute Gasteiger partial charge is 0.217 e. The van der Waals surface area contributed by atoms with Gasteiger partial charge >= 0.3 is 0 Å². The summed E-state index contributed by atoms with van der Waals surface area (Å²) in [5, 5.41) is 4.56. The van der Waals surface area contributed by atoms with Gasteiger partial charge in [-0.05, 0) is 43.7 Å². The van der Waals surface area contributed by atoms with Gasteiger partial charge in [0.2, 0.25) is 5.91 Å². The second kappa shape index (κ2) is 11.2. The highest BCUT2D eigenvalue weighted by Gasteiger charge is 2.23. The second-order valence-electron chi connectivity index (χ2n) is 7.10. The Balaban J connectivity index is 0.00000280. The Morgan fingerprint density at radius 1 is 1.36 bits per heavy atom. The molecule has 152 valence electrons. The van der Waals surface area contributed by atoms with Crippen LogP contribution in [0.4, 0.5) is 0 Å². The number of amides is 1. The van der Waals surface area contributed by atoms with Gasteiger partial charge in [0.15, 0.2) is 5.96 Å². The monoisotopic (exact) mass is 495 g/mol. The van der Waals surface area contributed by atoms with Crippen molar-refractivity contribution in [3.8, 4) is 0 Å². The van der Waals surface area contributed by atoms with E-state index in [-0.39, 0.29) is 29.9 Å². The first-order valence-electron chi connectivity index (χ1n) is 9.81. The molecule has 3 N–H and O–H groups in total. The molecular formula is C21H30IN5O. The largest absolute Gasteiger partial charge is 0.370 e. The first-order chi connectivity index (χ1) is 13.2. The molecule has 1 amide bonds. The number of benzene rings is 1. The number of halogens is 1. The summed E-state index contributed by atoms with van der Waals surface area (Å²) in [6.45, 7) is 5.41. The number of carbonyl (C=O) groups excluding carboxylic acids is 1. The molecule has 1 aliphatic rings. The molecule has 1 aliphatic heterocycles. The quantitative estimate of drug-likeness (QED) is 0.367. The molecule has 1 fully saturated rings. The minimum atomic E-state index is -0.216. The fourth-order valence-corrected chi connectivity index (χ4v) is 3.79. The van der Waals surface area contributed by atoms with Crippen molar-refractivity contribution >= 4 is 46.7 Å². The Hall–Kier alpha value is -1.90. The van der Waals surface area contributed by atoms with Crippen LogP contribution in [-0.2, 0) is 11.2 Å². The predicted molar refractivity (Wildman–Crippen MR) is 125 cm³/mol. The van der Waals surface area contributed by atoms with Gasteiger partial charge in [0.05, 0.1) is 5.52 Å². The van der Waals surface area contributed by atoms with Gasteiger partial charge in [0, 0.05) is 44.2 Å². The molecule has 6 nitrogen and oxygen atoms in total. The van der Waals surface area contributed by atoms with Crippen molar-refractivity contribution in [2.24, 2.45) is 16.6 Å². The number of pyridine rings is 1. The normalized spacial score (nSPS) is 17.2. The van der Waals surface area contributed by atoms with Crippen LogP contribution in [0.2, 0.25) is 0 Å². The van der Waals surface area contributed by atoms with Crippen LogP contribution < -0.4 is 11.1 Å². The molecule has 1 atom stereocenters. The van der Waals surface area contributed by atoms with Gasteiger partial charge in [-0.25, -0.2) is 0 Å². The predicted octanol–water partition coefficient (Wildman–Crippen LogP) is 2.95. The van der Waals surface area contributed by atoms with Crippen LogP contribution in [0.1, 0.15) is 31.7 Å². The number of carbonyl (C=O) groups is 1. The summed E-state index contributed by atoms with van der Waals surface area (Å²) in [5.41, 5.74) is 7.66. The molecule has 1 unspecified atom stereocenters. The summed E-state index contributed by atoms with van der Waals surface area (Å²) >= 11 is 0. The molecule has 0 radical (unpaired) electrons. The number of hydrogen-bond donors (Lipinski definition) is 2.